The average Bonchev–Trinajstić information content (AvgIpc) is 2.46. The van der Waals surface area contributed by atoms with Crippen molar-refractivity contribution in [1.82, 2.24) is 0 Å². The highest BCUT2D eigenvalue weighted by molar-refractivity contribution is 7.99. The highest BCUT2D eigenvalue weighted by Crippen LogP contribution is 2.27. The summed E-state index contributed by atoms with van der Waals surface area (Å²) < 4.78 is 5.74. The second-order valence-corrected chi connectivity index (χ2v) is 6.40. The first-order valence-electron chi connectivity index (χ1n) is 7.40. The van der Waals surface area contributed by atoms with Gasteiger partial charge in [0, 0.05) is 17.1 Å². The van der Waals surface area contributed by atoms with Crippen molar-refractivity contribution in [3.8, 4) is 5.75 Å². The zero-order valence-corrected chi connectivity index (χ0v) is 13.7. The Labute approximate surface area is 131 Å². The predicted molar refractivity (Wildman–Crippen MR) is 92.4 cm³/mol. The predicted octanol–water partition coefficient (Wildman–Crippen LogP) is 5.20. The van der Waals surface area contributed by atoms with Crippen molar-refractivity contribution in [2.24, 2.45) is 0 Å². The minimum atomic E-state index is 0.204. The molecule has 0 aliphatic rings. The monoisotopic (exact) mass is 301 g/mol. The Morgan fingerprint density at radius 1 is 1.10 bits per heavy atom. The lowest BCUT2D eigenvalue weighted by Crippen LogP contribution is -2.06. The molecule has 0 bridgehead atoms. The molecule has 0 aliphatic carbocycles. The van der Waals surface area contributed by atoms with Gasteiger partial charge in [-0.25, -0.2) is 0 Å². The van der Waals surface area contributed by atoms with Gasteiger partial charge in [0.25, 0.3) is 0 Å². The third kappa shape index (κ3) is 5.01. The number of anilines is 1. The Morgan fingerprint density at radius 2 is 1.90 bits per heavy atom. The van der Waals surface area contributed by atoms with E-state index in [4.69, 9.17) is 4.74 Å². The standard InChI is InChI=1S/C18H23NOS/c1-4-21-18-11-6-5-10-17(18)19-13-15-8-7-9-16(12-15)20-14(2)3/h5-12,14,19H,4,13H2,1-3H3. The van der Waals surface area contributed by atoms with E-state index in [1.807, 2.05) is 37.7 Å². The molecule has 2 rings (SSSR count). The molecule has 0 aromatic heterocycles. The maximum Gasteiger partial charge on any atom is 0.120 e. The molecule has 0 aliphatic heterocycles. The summed E-state index contributed by atoms with van der Waals surface area (Å²) in [6, 6.07) is 16.7. The summed E-state index contributed by atoms with van der Waals surface area (Å²) in [5, 5.41) is 3.52. The lowest BCUT2D eigenvalue weighted by atomic mass is 10.2. The van der Waals surface area contributed by atoms with E-state index in [9.17, 15) is 0 Å². The molecule has 3 heteroatoms. The van der Waals surface area contributed by atoms with E-state index in [2.05, 4.69) is 48.6 Å². The summed E-state index contributed by atoms with van der Waals surface area (Å²) in [6.45, 7) is 7.07. The molecule has 2 aromatic carbocycles. The number of benzene rings is 2. The molecule has 0 atom stereocenters. The molecule has 2 aromatic rings. The fraction of sp³-hybridized carbons (Fsp3) is 0.333. The van der Waals surface area contributed by atoms with Gasteiger partial charge in [-0.1, -0.05) is 31.2 Å². The van der Waals surface area contributed by atoms with Gasteiger partial charge in [-0.15, -0.1) is 11.8 Å². The van der Waals surface area contributed by atoms with Gasteiger partial charge < -0.3 is 10.1 Å². The van der Waals surface area contributed by atoms with Crippen molar-refractivity contribution in [2.75, 3.05) is 11.1 Å². The largest absolute Gasteiger partial charge is 0.491 e. The molecular formula is C18H23NOS. The number of para-hydroxylation sites is 1. The Bertz CT molecular complexity index is 569. The second-order valence-electron chi connectivity index (χ2n) is 5.10. The summed E-state index contributed by atoms with van der Waals surface area (Å²) in [5.74, 6) is 2.01. The number of nitrogens with one attached hydrogen (secondary N) is 1. The molecule has 0 heterocycles. The van der Waals surface area contributed by atoms with Gasteiger partial charge in [0.05, 0.1) is 6.10 Å². The van der Waals surface area contributed by atoms with E-state index >= 15 is 0 Å². The maximum absolute atomic E-state index is 5.74. The van der Waals surface area contributed by atoms with Crippen LogP contribution in [0.3, 0.4) is 0 Å². The van der Waals surface area contributed by atoms with Crippen LogP contribution in [0.5, 0.6) is 5.75 Å². The van der Waals surface area contributed by atoms with E-state index in [1.165, 1.54) is 16.1 Å². The van der Waals surface area contributed by atoms with Crippen LogP contribution < -0.4 is 10.1 Å². The molecule has 0 saturated heterocycles. The van der Waals surface area contributed by atoms with Gasteiger partial charge in [0.15, 0.2) is 0 Å². The Balaban J connectivity index is 2.03. The molecule has 0 radical (unpaired) electrons. The Morgan fingerprint density at radius 3 is 2.67 bits per heavy atom. The normalized spacial score (nSPS) is 10.7. The molecule has 112 valence electrons. The summed E-state index contributed by atoms with van der Waals surface area (Å²) in [4.78, 5) is 1.30. The number of hydrogen-bond acceptors (Lipinski definition) is 3. The third-order valence-corrected chi connectivity index (χ3v) is 3.90. The van der Waals surface area contributed by atoms with Gasteiger partial charge in [0.1, 0.15) is 5.75 Å². The molecule has 1 N–H and O–H groups in total. The van der Waals surface area contributed by atoms with Crippen LogP contribution in [-0.2, 0) is 6.54 Å². The summed E-state index contributed by atoms with van der Waals surface area (Å²) in [5.41, 5.74) is 2.42. The fourth-order valence-corrected chi connectivity index (χ4v) is 2.87. The molecule has 21 heavy (non-hydrogen) atoms. The summed E-state index contributed by atoms with van der Waals surface area (Å²) >= 11 is 1.86. The van der Waals surface area contributed by atoms with Crippen molar-refractivity contribution < 1.29 is 4.74 Å². The zero-order valence-electron chi connectivity index (χ0n) is 12.9. The lowest BCUT2D eigenvalue weighted by molar-refractivity contribution is 0.242. The second kappa shape index (κ2) is 7.99. The first-order valence-corrected chi connectivity index (χ1v) is 8.39. The van der Waals surface area contributed by atoms with Crippen LogP contribution in [0.4, 0.5) is 5.69 Å². The van der Waals surface area contributed by atoms with E-state index in [0.717, 1.165) is 18.0 Å². The number of thioether (sulfide) groups is 1. The van der Waals surface area contributed by atoms with E-state index in [0.29, 0.717) is 0 Å². The fourth-order valence-electron chi connectivity index (χ4n) is 2.09. The molecule has 0 saturated carbocycles. The molecule has 2 nitrogen and oxygen atoms in total. The van der Waals surface area contributed by atoms with Crippen LogP contribution in [0.1, 0.15) is 26.3 Å². The average molecular weight is 301 g/mol. The van der Waals surface area contributed by atoms with E-state index < -0.39 is 0 Å². The summed E-state index contributed by atoms with van der Waals surface area (Å²) in [6.07, 6.45) is 0.204. The quantitative estimate of drug-likeness (QED) is 0.710. The molecule has 0 spiro atoms. The van der Waals surface area contributed by atoms with Gasteiger partial charge in [0.2, 0.25) is 0 Å². The minimum absolute atomic E-state index is 0.204. The van der Waals surface area contributed by atoms with Crippen LogP contribution in [0.25, 0.3) is 0 Å². The molecule has 0 amide bonds. The topological polar surface area (TPSA) is 21.3 Å². The number of hydrogen-bond donors (Lipinski definition) is 1. The first-order chi connectivity index (χ1) is 10.2. The van der Waals surface area contributed by atoms with E-state index in [-0.39, 0.29) is 6.10 Å². The molecule has 0 unspecified atom stereocenters. The van der Waals surface area contributed by atoms with E-state index in [1.54, 1.807) is 0 Å². The third-order valence-electron chi connectivity index (χ3n) is 2.94. The number of ether oxygens (including phenoxy) is 1. The molecule has 0 fully saturated rings. The maximum atomic E-state index is 5.74. The van der Waals surface area contributed by atoms with Crippen molar-refractivity contribution >= 4 is 17.4 Å². The van der Waals surface area contributed by atoms with Crippen molar-refractivity contribution in [2.45, 2.75) is 38.3 Å². The van der Waals surface area contributed by atoms with Gasteiger partial charge in [-0.05, 0) is 49.4 Å². The van der Waals surface area contributed by atoms with Crippen molar-refractivity contribution in [3.05, 3.63) is 54.1 Å². The van der Waals surface area contributed by atoms with Crippen molar-refractivity contribution in [3.63, 3.8) is 0 Å². The highest BCUT2D eigenvalue weighted by Gasteiger charge is 2.03. The molecular weight excluding hydrogens is 278 g/mol. The van der Waals surface area contributed by atoms with Crippen LogP contribution in [0.15, 0.2) is 53.4 Å². The Kier molecular flexibility index (Phi) is 6.00. The van der Waals surface area contributed by atoms with Crippen LogP contribution in [0, 0.1) is 0 Å². The van der Waals surface area contributed by atoms with Gasteiger partial charge in [-0.3, -0.25) is 0 Å². The minimum Gasteiger partial charge on any atom is -0.491 e. The van der Waals surface area contributed by atoms with Crippen molar-refractivity contribution in [1.29, 1.82) is 0 Å². The van der Waals surface area contributed by atoms with Crippen LogP contribution in [-0.4, -0.2) is 11.9 Å². The highest BCUT2D eigenvalue weighted by atomic mass is 32.2. The Hall–Kier alpha value is -1.61. The SMILES string of the molecule is CCSc1ccccc1NCc1cccc(OC(C)C)c1. The van der Waals surface area contributed by atoms with Gasteiger partial charge in [-0.2, -0.15) is 0 Å². The summed E-state index contributed by atoms with van der Waals surface area (Å²) in [7, 11) is 0. The van der Waals surface area contributed by atoms with Gasteiger partial charge >= 0.3 is 0 Å². The number of rotatable bonds is 7. The smallest absolute Gasteiger partial charge is 0.120 e. The van der Waals surface area contributed by atoms with Crippen LogP contribution >= 0.6 is 11.8 Å². The van der Waals surface area contributed by atoms with Crippen LogP contribution in [0.2, 0.25) is 0 Å². The zero-order chi connectivity index (χ0) is 15.1. The first kappa shape index (κ1) is 15.8. The lowest BCUT2D eigenvalue weighted by Gasteiger charge is -2.13.